The molecule has 2 N–H and O–H groups in total. The van der Waals surface area contributed by atoms with E-state index in [0.717, 1.165) is 31.5 Å². The third-order valence-electron chi connectivity index (χ3n) is 3.39. The summed E-state index contributed by atoms with van der Waals surface area (Å²) < 4.78 is 38.6. The minimum atomic E-state index is -4.59. The summed E-state index contributed by atoms with van der Waals surface area (Å²) in [5.41, 5.74) is -0.0793. The Balaban J connectivity index is 2.13. The SMILES string of the molecule is CCCCNc1cncc(C(=O)Nc2ccc(Cl)c(C(F)(F)F)c2)c1. The number of nitrogens with one attached hydrogen (secondary N) is 2. The number of hydrogen-bond donors (Lipinski definition) is 2. The first kappa shape index (κ1) is 19.1. The van der Waals surface area contributed by atoms with Crippen LogP contribution in [0.15, 0.2) is 36.7 Å². The van der Waals surface area contributed by atoms with Crippen LogP contribution in [0.2, 0.25) is 5.02 Å². The summed E-state index contributed by atoms with van der Waals surface area (Å²) in [6.07, 6.45) is 0.333. The van der Waals surface area contributed by atoms with Gasteiger partial charge in [0.25, 0.3) is 5.91 Å². The number of aromatic nitrogens is 1. The second-order valence-corrected chi connectivity index (χ2v) is 5.80. The lowest BCUT2D eigenvalue weighted by molar-refractivity contribution is -0.137. The van der Waals surface area contributed by atoms with E-state index in [1.165, 1.54) is 12.3 Å². The van der Waals surface area contributed by atoms with Gasteiger partial charge in [-0.2, -0.15) is 13.2 Å². The molecule has 4 nitrogen and oxygen atoms in total. The number of carbonyl (C=O) groups is 1. The van der Waals surface area contributed by atoms with E-state index in [2.05, 4.69) is 22.5 Å². The predicted molar refractivity (Wildman–Crippen MR) is 92.0 cm³/mol. The Kier molecular flexibility index (Phi) is 6.25. The molecule has 0 fully saturated rings. The number of amides is 1. The average Bonchev–Trinajstić information content (AvgIpc) is 2.56. The van der Waals surface area contributed by atoms with Crippen molar-refractivity contribution >= 4 is 28.9 Å². The van der Waals surface area contributed by atoms with Gasteiger partial charge in [0.2, 0.25) is 0 Å². The lowest BCUT2D eigenvalue weighted by Gasteiger charge is -2.12. The standard InChI is InChI=1S/C17H17ClF3N3O/c1-2-3-6-23-13-7-11(9-22-10-13)16(25)24-12-4-5-15(18)14(8-12)17(19,20)21/h4-5,7-10,23H,2-3,6H2,1H3,(H,24,25). The molecule has 0 bridgehead atoms. The molecule has 0 saturated heterocycles. The number of unbranched alkanes of at least 4 members (excludes halogenated alkanes) is 1. The van der Waals surface area contributed by atoms with Gasteiger partial charge in [0.15, 0.2) is 0 Å². The van der Waals surface area contributed by atoms with Crippen LogP contribution in [0.4, 0.5) is 24.5 Å². The van der Waals surface area contributed by atoms with Crippen molar-refractivity contribution < 1.29 is 18.0 Å². The number of carbonyl (C=O) groups excluding carboxylic acids is 1. The van der Waals surface area contributed by atoms with E-state index in [9.17, 15) is 18.0 Å². The van der Waals surface area contributed by atoms with Crippen LogP contribution in [0.3, 0.4) is 0 Å². The Labute approximate surface area is 148 Å². The Bertz CT molecular complexity index is 750. The molecule has 1 amide bonds. The van der Waals surface area contributed by atoms with Gasteiger partial charge >= 0.3 is 6.18 Å². The summed E-state index contributed by atoms with van der Waals surface area (Å²) in [7, 11) is 0. The third kappa shape index (κ3) is 5.35. The van der Waals surface area contributed by atoms with Crippen LogP contribution < -0.4 is 10.6 Å². The zero-order chi connectivity index (χ0) is 18.4. The number of hydrogen-bond acceptors (Lipinski definition) is 3. The molecule has 0 unspecified atom stereocenters. The van der Waals surface area contributed by atoms with E-state index in [1.807, 2.05) is 0 Å². The number of nitrogens with zero attached hydrogens (tertiary/aromatic N) is 1. The van der Waals surface area contributed by atoms with E-state index in [4.69, 9.17) is 11.6 Å². The van der Waals surface area contributed by atoms with Crippen LogP contribution in [-0.2, 0) is 6.18 Å². The number of pyridine rings is 1. The molecule has 1 aromatic heterocycles. The molecule has 8 heteroatoms. The summed E-state index contributed by atoms with van der Waals surface area (Å²) in [6.45, 7) is 2.81. The molecule has 1 heterocycles. The highest BCUT2D eigenvalue weighted by Gasteiger charge is 2.33. The van der Waals surface area contributed by atoms with E-state index in [1.54, 1.807) is 12.3 Å². The van der Waals surface area contributed by atoms with Crippen LogP contribution in [-0.4, -0.2) is 17.4 Å². The number of alkyl halides is 3. The fourth-order valence-corrected chi connectivity index (χ4v) is 2.32. The molecule has 0 spiro atoms. The molecule has 0 radical (unpaired) electrons. The first-order valence-electron chi connectivity index (χ1n) is 7.68. The van der Waals surface area contributed by atoms with Crippen LogP contribution in [0.5, 0.6) is 0 Å². The van der Waals surface area contributed by atoms with Gasteiger partial charge in [-0.05, 0) is 30.7 Å². The molecule has 2 aromatic rings. The summed E-state index contributed by atoms with van der Waals surface area (Å²) >= 11 is 5.56. The van der Waals surface area contributed by atoms with Gasteiger partial charge in [-0.25, -0.2) is 0 Å². The Hall–Kier alpha value is -2.28. The zero-order valence-corrected chi connectivity index (χ0v) is 14.2. The van der Waals surface area contributed by atoms with E-state index in [0.29, 0.717) is 5.69 Å². The van der Waals surface area contributed by atoms with Crippen molar-refractivity contribution in [3.05, 3.63) is 52.8 Å². The van der Waals surface area contributed by atoms with Gasteiger partial charge in [0.1, 0.15) is 0 Å². The molecule has 0 aliphatic carbocycles. The highest BCUT2D eigenvalue weighted by atomic mass is 35.5. The number of anilines is 2. The quantitative estimate of drug-likeness (QED) is 0.684. The minimum Gasteiger partial charge on any atom is -0.384 e. The monoisotopic (exact) mass is 371 g/mol. The van der Waals surface area contributed by atoms with Crippen molar-refractivity contribution in [2.75, 3.05) is 17.2 Å². The molecular formula is C17H17ClF3N3O. The highest BCUT2D eigenvalue weighted by Crippen LogP contribution is 2.36. The summed E-state index contributed by atoms with van der Waals surface area (Å²) in [5.74, 6) is -0.554. The second kappa shape index (κ2) is 8.20. The van der Waals surface area contributed by atoms with Crippen molar-refractivity contribution in [1.29, 1.82) is 0 Å². The zero-order valence-electron chi connectivity index (χ0n) is 13.5. The molecule has 0 saturated carbocycles. The van der Waals surface area contributed by atoms with Gasteiger partial charge in [-0.1, -0.05) is 24.9 Å². The Morgan fingerprint density at radius 1 is 1.20 bits per heavy atom. The van der Waals surface area contributed by atoms with Crippen molar-refractivity contribution in [1.82, 2.24) is 4.98 Å². The fraction of sp³-hybridized carbons (Fsp3) is 0.294. The lowest BCUT2D eigenvalue weighted by atomic mass is 10.1. The normalized spacial score (nSPS) is 11.2. The van der Waals surface area contributed by atoms with Crippen LogP contribution in [0.25, 0.3) is 0 Å². The molecular weight excluding hydrogens is 355 g/mol. The van der Waals surface area contributed by atoms with Gasteiger partial charge in [-0.3, -0.25) is 9.78 Å². The van der Waals surface area contributed by atoms with Crippen LogP contribution in [0, 0.1) is 0 Å². The largest absolute Gasteiger partial charge is 0.417 e. The number of halogens is 4. The second-order valence-electron chi connectivity index (χ2n) is 5.39. The van der Waals surface area contributed by atoms with Gasteiger partial charge in [0.05, 0.1) is 21.8 Å². The van der Waals surface area contributed by atoms with E-state index >= 15 is 0 Å². The molecule has 0 aliphatic heterocycles. The van der Waals surface area contributed by atoms with Crippen LogP contribution in [0.1, 0.15) is 35.7 Å². The number of benzene rings is 1. The van der Waals surface area contributed by atoms with Gasteiger partial charge in [-0.15, -0.1) is 0 Å². The summed E-state index contributed by atoms with van der Waals surface area (Å²) in [6, 6.07) is 4.81. The van der Waals surface area contributed by atoms with Crippen molar-refractivity contribution in [3.63, 3.8) is 0 Å². The predicted octanol–water partition coefficient (Wildman–Crippen LogP) is 5.22. The first-order chi connectivity index (χ1) is 11.8. The molecule has 0 aliphatic rings. The van der Waals surface area contributed by atoms with Crippen molar-refractivity contribution in [2.45, 2.75) is 25.9 Å². The van der Waals surface area contributed by atoms with Crippen LogP contribution >= 0.6 is 11.6 Å². The molecule has 25 heavy (non-hydrogen) atoms. The Morgan fingerprint density at radius 3 is 2.64 bits per heavy atom. The van der Waals surface area contributed by atoms with Crippen molar-refractivity contribution in [3.8, 4) is 0 Å². The Morgan fingerprint density at radius 2 is 1.96 bits per heavy atom. The smallest absolute Gasteiger partial charge is 0.384 e. The van der Waals surface area contributed by atoms with E-state index < -0.39 is 22.7 Å². The molecule has 2 rings (SSSR count). The van der Waals surface area contributed by atoms with Gasteiger partial charge in [0, 0.05) is 24.6 Å². The summed E-state index contributed by atoms with van der Waals surface area (Å²) in [4.78, 5) is 16.2. The highest BCUT2D eigenvalue weighted by molar-refractivity contribution is 6.31. The maximum atomic E-state index is 12.9. The molecule has 0 atom stereocenters. The third-order valence-corrected chi connectivity index (χ3v) is 3.72. The average molecular weight is 372 g/mol. The first-order valence-corrected chi connectivity index (χ1v) is 8.06. The van der Waals surface area contributed by atoms with E-state index in [-0.39, 0.29) is 11.3 Å². The fourth-order valence-electron chi connectivity index (χ4n) is 2.09. The summed E-state index contributed by atoms with van der Waals surface area (Å²) in [5, 5.41) is 5.14. The molecule has 134 valence electrons. The maximum absolute atomic E-state index is 12.9. The molecule has 1 aromatic carbocycles. The maximum Gasteiger partial charge on any atom is 0.417 e. The number of rotatable bonds is 6. The topological polar surface area (TPSA) is 54.0 Å². The van der Waals surface area contributed by atoms with Gasteiger partial charge < -0.3 is 10.6 Å². The minimum absolute atomic E-state index is 0.00562. The van der Waals surface area contributed by atoms with Crippen molar-refractivity contribution in [2.24, 2.45) is 0 Å². The lowest BCUT2D eigenvalue weighted by Crippen LogP contribution is -2.14.